The second-order valence-electron chi connectivity index (χ2n) is 3.96. The Labute approximate surface area is 118 Å². The van der Waals surface area contributed by atoms with E-state index in [2.05, 4.69) is 0 Å². The molecule has 1 rings (SSSR count). The van der Waals surface area contributed by atoms with E-state index in [9.17, 15) is 9.36 Å². The minimum atomic E-state index is -3.63. The molecule has 7 heteroatoms. The zero-order valence-electron chi connectivity index (χ0n) is 11.5. The fraction of sp³-hybridized carbons (Fsp3) is 0.462. The first kappa shape index (κ1) is 16.7. The van der Waals surface area contributed by atoms with Crippen LogP contribution in [0.2, 0.25) is 0 Å². The quantitative estimate of drug-likeness (QED) is 0.585. The van der Waals surface area contributed by atoms with Crippen molar-refractivity contribution < 1.29 is 28.3 Å². The van der Waals surface area contributed by atoms with Crippen LogP contribution in [-0.2, 0) is 18.6 Å². The molecule has 1 unspecified atom stereocenters. The Hall–Kier alpha value is -1.36. The molecule has 0 bridgehead atoms. The molecule has 0 heterocycles. The molecule has 0 aliphatic rings. The molecule has 0 aliphatic carbocycles. The highest BCUT2D eigenvalue weighted by Crippen LogP contribution is 2.49. The van der Waals surface area contributed by atoms with Gasteiger partial charge in [-0.3, -0.25) is 4.52 Å². The molecule has 20 heavy (non-hydrogen) atoms. The van der Waals surface area contributed by atoms with E-state index in [0.717, 1.165) is 0 Å². The minimum Gasteiger partial charge on any atom is -0.464 e. The third-order valence-electron chi connectivity index (χ3n) is 2.30. The number of ether oxygens (including phenoxy) is 1. The summed E-state index contributed by atoms with van der Waals surface area (Å²) in [6.07, 6.45) is -1.23. The van der Waals surface area contributed by atoms with Crippen LogP contribution in [0.25, 0.3) is 0 Å². The van der Waals surface area contributed by atoms with Gasteiger partial charge in [0.15, 0.2) is 6.10 Å². The van der Waals surface area contributed by atoms with Gasteiger partial charge >= 0.3 is 13.6 Å². The lowest BCUT2D eigenvalue weighted by molar-refractivity contribution is -0.150. The number of benzene rings is 1. The summed E-state index contributed by atoms with van der Waals surface area (Å²) in [4.78, 5) is 11.5. The normalized spacial score (nSPS) is 15.2. The highest BCUT2D eigenvalue weighted by molar-refractivity contribution is 7.54. The third-order valence-corrected chi connectivity index (χ3v) is 4.17. The van der Waals surface area contributed by atoms with Crippen LogP contribution in [-0.4, -0.2) is 36.6 Å². The fourth-order valence-electron chi connectivity index (χ4n) is 1.43. The first-order valence-electron chi connectivity index (χ1n) is 6.30. The molecule has 0 saturated heterocycles. The van der Waals surface area contributed by atoms with Crippen LogP contribution in [0.1, 0.15) is 13.8 Å². The van der Waals surface area contributed by atoms with E-state index in [1.807, 2.05) is 0 Å². The number of para-hydroxylation sites is 1. The summed E-state index contributed by atoms with van der Waals surface area (Å²) < 4.78 is 27.8. The van der Waals surface area contributed by atoms with Gasteiger partial charge in [0, 0.05) is 0 Å². The number of carbonyl (C=O) groups excluding carboxylic acids is 1. The van der Waals surface area contributed by atoms with Crippen LogP contribution >= 0.6 is 7.60 Å². The van der Waals surface area contributed by atoms with Crippen molar-refractivity contribution in [3.05, 3.63) is 30.3 Å². The average Bonchev–Trinajstić information content (AvgIpc) is 2.40. The van der Waals surface area contributed by atoms with Gasteiger partial charge in [0.2, 0.25) is 0 Å². The SMILES string of the molecule is CCOC(=O)[C@@H](C)OP(=O)(CCO)Oc1ccccc1. The standard InChI is InChI=1S/C13H19O6P/c1-3-17-13(15)11(2)18-20(16,10-9-14)19-12-7-5-4-6-8-12/h4-8,11,14H,3,9-10H2,1-2H3/t11-,20?/m1/s1. The molecule has 0 fully saturated rings. The highest BCUT2D eigenvalue weighted by Gasteiger charge is 2.31. The minimum absolute atomic E-state index is 0.203. The van der Waals surface area contributed by atoms with Crippen LogP contribution in [0.15, 0.2) is 30.3 Å². The molecule has 0 aliphatic heterocycles. The van der Waals surface area contributed by atoms with Crippen molar-refractivity contribution in [3.8, 4) is 5.75 Å². The number of rotatable bonds is 8. The van der Waals surface area contributed by atoms with Crippen LogP contribution in [0.5, 0.6) is 5.75 Å². The summed E-state index contributed by atoms with van der Waals surface area (Å²) in [7, 11) is -3.63. The van der Waals surface area contributed by atoms with E-state index in [4.69, 9.17) is 18.9 Å². The maximum atomic E-state index is 12.5. The number of aliphatic hydroxyl groups is 1. The molecule has 0 saturated carbocycles. The third kappa shape index (κ3) is 5.33. The molecule has 6 nitrogen and oxygen atoms in total. The number of aliphatic hydroxyl groups excluding tert-OH is 1. The van der Waals surface area contributed by atoms with Crippen molar-refractivity contribution in [3.63, 3.8) is 0 Å². The van der Waals surface area contributed by atoms with Crippen molar-refractivity contribution in [1.29, 1.82) is 0 Å². The summed E-state index contributed by atoms with van der Waals surface area (Å²) in [6.45, 7) is 2.92. The van der Waals surface area contributed by atoms with E-state index in [0.29, 0.717) is 5.75 Å². The molecule has 0 amide bonds. The smallest absolute Gasteiger partial charge is 0.382 e. The van der Waals surface area contributed by atoms with E-state index in [1.54, 1.807) is 37.3 Å². The van der Waals surface area contributed by atoms with Crippen LogP contribution in [0.3, 0.4) is 0 Å². The van der Waals surface area contributed by atoms with Crippen molar-refractivity contribution in [1.82, 2.24) is 0 Å². The summed E-state index contributed by atoms with van der Waals surface area (Å²) in [5.41, 5.74) is 0. The molecule has 0 spiro atoms. The van der Waals surface area contributed by atoms with Gasteiger partial charge in [0.05, 0.1) is 19.4 Å². The maximum absolute atomic E-state index is 12.5. The van der Waals surface area contributed by atoms with Crippen molar-refractivity contribution >= 4 is 13.6 Å². The lowest BCUT2D eigenvalue weighted by Gasteiger charge is -2.21. The summed E-state index contributed by atoms with van der Waals surface area (Å²) in [5, 5.41) is 8.99. The number of carbonyl (C=O) groups is 1. The maximum Gasteiger partial charge on any atom is 0.382 e. The monoisotopic (exact) mass is 302 g/mol. The Morgan fingerprint density at radius 3 is 2.55 bits per heavy atom. The Kier molecular flexibility index (Phi) is 6.71. The van der Waals surface area contributed by atoms with Gasteiger partial charge in [-0.15, -0.1) is 0 Å². The largest absolute Gasteiger partial charge is 0.464 e. The second-order valence-corrected chi connectivity index (χ2v) is 6.02. The van der Waals surface area contributed by atoms with Gasteiger partial charge in [-0.05, 0) is 26.0 Å². The highest BCUT2D eigenvalue weighted by atomic mass is 31.2. The summed E-state index contributed by atoms with van der Waals surface area (Å²) >= 11 is 0. The molecular weight excluding hydrogens is 283 g/mol. The van der Waals surface area contributed by atoms with Gasteiger partial charge in [-0.2, -0.15) is 0 Å². The van der Waals surface area contributed by atoms with Gasteiger partial charge in [-0.25, -0.2) is 9.36 Å². The molecule has 1 aromatic rings. The first-order valence-corrected chi connectivity index (χ1v) is 8.03. The Bertz CT molecular complexity index is 461. The van der Waals surface area contributed by atoms with Crippen molar-refractivity contribution in [2.75, 3.05) is 19.4 Å². The lowest BCUT2D eigenvalue weighted by Crippen LogP contribution is -2.24. The molecule has 0 radical (unpaired) electrons. The predicted octanol–water partition coefficient (Wildman–Crippen LogP) is 2.22. The van der Waals surface area contributed by atoms with Crippen LogP contribution in [0, 0.1) is 0 Å². The molecular formula is C13H19O6P. The Morgan fingerprint density at radius 1 is 1.35 bits per heavy atom. The number of hydrogen-bond acceptors (Lipinski definition) is 6. The zero-order chi connectivity index (χ0) is 15.0. The van der Waals surface area contributed by atoms with Crippen LogP contribution < -0.4 is 4.52 Å². The Morgan fingerprint density at radius 2 is 2.00 bits per heavy atom. The second kappa shape index (κ2) is 8.04. The number of esters is 1. The molecule has 1 aromatic carbocycles. The molecule has 1 N–H and O–H groups in total. The lowest BCUT2D eigenvalue weighted by atomic mass is 10.3. The fourth-order valence-corrected chi connectivity index (χ4v) is 2.92. The van der Waals surface area contributed by atoms with E-state index in [1.165, 1.54) is 6.92 Å². The van der Waals surface area contributed by atoms with Crippen LogP contribution in [0.4, 0.5) is 0 Å². The first-order chi connectivity index (χ1) is 9.50. The summed E-state index contributed by atoms with van der Waals surface area (Å²) in [5.74, 6) is -0.275. The molecule has 0 aromatic heterocycles. The van der Waals surface area contributed by atoms with Gasteiger partial charge < -0.3 is 14.4 Å². The number of hydrogen-bond donors (Lipinski definition) is 1. The van der Waals surface area contributed by atoms with Gasteiger partial charge in [0.25, 0.3) is 0 Å². The molecule has 112 valence electrons. The topological polar surface area (TPSA) is 82.1 Å². The van der Waals surface area contributed by atoms with Gasteiger partial charge in [0.1, 0.15) is 5.75 Å². The van der Waals surface area contributed by atoms with E-state index >= 15 is 0 Å². The Balaban J connectivity index is 2.76. The zero-order valence-corrected chi connectivity index (χ0v) is 12.4. The summed E-state index contributed by atoms with van der Waals surface area (Å²) in [6, 6.07) is 8.44. The van der Waals surface area contributed by atoms with E-state index in [-0.39, 0.29) is 19.4 Å². The van der Waals surface area contributed by atoms with E-state index < -0.39 is 19.7 Å². The van der Waals surface area contributed by atoms with Crippen molar-refractivity contribution in [2.45, 2.75) is 20.0 Å². The predicted molar refractivity (Wildman–Crippen MR) is 73.8 cm³/mol. The average molecular weight is 302 g/mol. The van der Waals surface area contributed by atoms with Gasteiger partial charge in [-0.1, -0.05) is 18.2 Å². The molecule has 2 atom stereocenters. The van der Waals surface area contributed by atoms with Crippen molar-refractivity contribution in [2.24, 2.45) is 0 Å².